The summed E-state index contributed by atoms with van der Waals surface area (Å²) >= 11 is 0. The van der Waals surface area contributed by atoms with Crippen molar-refractivity contribution in [3.05, 3.63) is 0 Å². The molecule has 2 aliphatic rings. The summed E-state index contributed by atoms with van der Waals surface area (Å²) in [5, 5.41) is 12.2. The summed E-state index contributed by atoms with van der Waals surface area (Å²) in [5.74, 6) is -0.0547. The van der Waals surface area contributed by atoms with E-state index in [0.29, 0.717) is 18.9 Å². The molecule has 0 aromatic carbocycles. The molecule has 114 valence electrons. The molecule has 2 N–H and O–H groups in total. The van der Waals surface area contributed by atoms with Gasteiger partial charge in [-0.1, -0.05) is 6.92 Å². The van der Waals surface area contributed by atoms with Crippen LogP contribution in [-0.4, -0.2) is 47.1 Å². The molecular formula is C15H26N2O3. The van der Waals surface area contributed by atoms with Crippen molar-refractivity contribution in [2.24, 2.45) is 5.92 Å². The Morgan fingerprint density at radius 2 is 1.85 bits per heavy atom. The van der Waals surface area contributed by atoms with Gasteiger partial charge in [-0.15, -0.1) is 0 Å². The van der Waals surface area contributed by atoms with E-state index in [2.05, 4.69) is 12.2 Å². The van der Waals surface area contributed by atoms with Crippen molar-refractivity contribution in [1.82, 2.24) is 10.2 Å². The van der Waals surface area contributed by atoms with Crippen LogP contribution in [0.3, 0.4) is 0 Å². The van der Waals surface area contributed by atoms with E-state index < -0.39 is 11.5 Å². The van der Waals surface area contributed by atoms with Crippen LogP contribution in [0.1, 0.15) is 51.9 Å². The fourth-order valence-electron chi connectivity index (χ4n) is 3.20. The summed E-state index contributed by atoms with van der Waals surface area (Å²) in [6, 6.07) is 0.322. The van der Waals surface area contributed by atoms with E-state index in [9.17, 15) is 14.7 Å². The van der Waals surface area contributed by atoms with Gasteiger partial charge < -0.3 is 10.0 Å². The lowest BCUT2D eigenvalue weighted by Gasteiger charge is -2.39. The molecule has 2 aliphatic carbocycles. The smallest absolute Gasteiger partial charge is 0.323 e. The van der Waals surface area contributed by atoms with Gasteiger partial charge in [0, 0.05) is 13.1 Å². The first kappa shape index (κ1) is 15.3. The van der Waals surface area contributed by atoms with Crippen molar-refractivity contribution in [2.45, 2.75) is 63.5 Å². The first-order chi connectivity index (χ1) is 9.44. The van der Waals surface area contributed by atoms with E-state index in [4.69, 9.17) is 0 Å². The maximum Gasteiger partial charge on any atom is 0.323 e. The second-order valence-electron chi connectivity index (χ2n) is 6.51. The molecule has 0 saturated heterocycles. The number of carbonyl (C=O) groups excluding carboxylic acids is 1. The number of rotatable bonds is 5. The molecule has 0 aromatic heterocycles. The first-order valence-corrected chi connectivity index (χ1v) is 7.69. The Bertz CT molecular complexity index is 371. The SMILES string of the molecule is CC1CCC(N(C)C(=O)CNC2(C(=O)O)CCC2)CC1. The van der Waals surface area contributed by atoms with Crippen molar-refractivity contribution in [3.8, 4) is 0 Å². The second kappa shape index (κ2) is 6.12. The minimum atomic E-state index is -0.850. The van der Waals surface area contributed by atoms with Crippen molar-refractivity contribution < 1.29 is 14.7 Å². The number of amides is 1. The third kappa shape index (κ3) is 3.14. The van der Waals surface area contributed by atoms with Gasteiger partial charge in [0.1, 0.15) is 5.54 Å². The average Bonchev–Trinajstić information content (AvgIpc) is 2.36. The largest absolute Gasteiger partial charge is 0.480 e. The van der Waals surface area contributed by atoms with Crippen molar-refractivity contribution in [3.63, 3.8) is 0 Å². The number of carbonyl (C=O) groups is 2. The Morgan fingerprint density at radius 3 is 2.30 bits per heavy atom. The number of hydrogen-bond acceptors (Lipinski definition) is 3. The predicted molar refractivity (Wildman–Crippen MR) is 76.4 cm³/mol. The van der Waals surface area contributed by atoms with Gasteiger partial charge in [-0.2, -0.15) is 0 Å². The molecule has 0 unspecified atom stereocenters. The molecule has 2 rings (SSSR count). The average molecular weight is 282 g/mol. The van der Waals surface area contributed by atoms with Crippen molar-refractivity contribution in [1.29, 1.82) is 0 Å². The van der Waals surface area contributed by atoms with E-state index in [1.54, 1.807) is 0 Å². The molecule has 2 saturated carbocycles. The summed E-state index contributed by atoms with van der Waals surface area (Å²) < 4.78 is 0. The van der Waals surface area contributed by atoms with Crippen LogP contribution in [0, 0.1) is 5.92 Å². The van der Waals surface area contributed by atoms with Crippen molar-refractivity contribution in [2.75, 3.05) is 13.6 Å². The fraction of sp³-hybridized carbons (Fsp3) is 0.867. The quantitative estimate of drug-likeness (QED) is 0.804. The highest BCUT2D eigenvalue weighted by Gasteiger charge is 2.44. The van der Waals surface area contributed by atoms with Crippen LogP contribution in [0.25, 0.3) is 0 Å². The fourth-order valence-corrected chi connectivity index (χ4v) is 3.20. The van der Waals surface area contributed by atoms with Gasteiger partial charge in [-0.25, -0.2) is 0 Å². The minimum absolute atomic E-state index is 0.0112. The highest BCUT2D eigenvalue weighted by atomic mass is 16.4. The normalized spacial score (nSPS) is 28.5. The molecule has 0 bridgehead atoms. The maximum atomic E-state index is 12.2. The van der Waals surface area contributed by atoms with Gasteiger partial charge in [0.25, 0.3) is 0 Å². The topological polar surface area (TPSA) is 69.6 Å². The van der Waals surface area contributed by atoms with E-state index >= 15 is 0 Å². The molecule has 20 heavy (non-hydrogen) atoms. The molecule has 0 spiro atoms. The Morgan fingerprint density at radius 1 is 1.25 bits per heavy atom. The number of nitrogens with zero attached hydrogens (tertiary/aromatic N) is 1. The highest BCUT2D eigenvalue weighted by Crippen LogP contribution is 2.32. The van der Waals surface area contributed by atoms with Gasteiger partial charge in [0.2, 0.25) is 5.91 Å². The zero-order valence-electron chi connectivity index (χ0n) is 12.5. The number of carboxylic acids is 1. The number of likely N-dealkylation sites (N-methyl/N-ethyl adjacent to an activating group) is 1. The summed E-state index contributed by atoms with van der Waals surface area (Å²) in [7, 11) is 1.85. The van der Waals surface area contributed by atoms with E-state index in [1.807, 2.05) is 11.9 Å². The van der Waals surface area contributed by atoms with Gasteiger partial charge >= 0.3 is 5.97 Å². The minimum Gasteiger partial charge on any atom is -0.480 e. The molecule has 0 heterocycles. The number of carboxylic acid groups (broad SMARTS) is 1. The van der Waals surface area contributed by atoms with Crippen LogP contribution in [0.4, 0.5) is 0 Å². The molecule has 2 fully saturated rings. The van der Waals surface area contributed by atoms with Gasteiger partial charge in [-0.05, 0) is 50.9 Å². The highest BCUT2D eigenvalue weighted by molar-refractivity contribution is 5.83. The van der Waals surface area contributed by atoms with E-state index in [1.165, 1.54) is 12.8 Å². The lowest BCUT2D eigenvalue weighted by atomic mass is 9.77. The summed E-state index contributed by atoms with van der Waals surface area (Å²) in [4.78, 5) is 25.3. The molecule has 0 aromatic rings. The number of aliphatic carboxylic acids is 1. The van der Waals surface area contributed by atoms with Crippen LogP contribution in [0.15, 0.2) is 0 Å². The van der Waals surface area contributed by atoms with Crippen LogP contribution >= 0.6 is 0 Å². The Hall–Kier alpha value is -1.10. The molecule has 0 atom stereocenters. The molecule has 5 nitrogen and oxygen atoms in total. The maximum absolute atomic E-state index is 12.2. The third-order valence-electron chi connectivity index (χ3n) is 5.12. The van der Waals surface area contributed by atoms with Gasteiger partial charge in [0.15, 0.2) is 0 Å². The molecule has 5 heteroatoms. The zero-order chi connectivity index (χ0) is 14.8. The van der Waals surface area contributed by atoms with Crippen molar-refractivity contribution >= 4 is 11.9 Å². The zero-order valence-corrected chi connectivity index (χ0v) is 12.5. The second-order valence-corrected chi connectivity index (χ2v) is 6.51. The first-order valence-electron chi connectivity index (χ1n) is 7.69. The van der Waals surface area contributed by atoms with Crippen LogP contribution in [0.5, 0.6) is 0 Å². The Kier molecular flexibility index (Phi) is 4.68. The van der Waals surface area contributed by atoms with Crippen LogP contribution < -0.4 is 5.32 Å². The molecule has 0 aliphatic heterocycles. The molecular weight excluding hydrogens is 256 g/mol. The van der Waals surface area contributed by atoms with E-state index in [0.717, 1.165) is 25.2 Å². The summed E-state index contributed by atoms with van der Waals surface area (Å²) in [6.07, 6.45) is 6.65. The van der Waals surface area contributed by atoms with E-state index in [-0.39, 0.29) is 12.5 Å². The Balaban J connectivity index is 1.81. The lowest BCUT2D eigenvalue weighted by Crippen LogP contribution is -2.59. The number of nitrogens with one attached hydrogen (secondary N) is 1. The van der Waals surface area contributed by atoms with Crippen LogP contribution in [0.2, 0.25) is 0 Å². The Labute approximate surface area is 120 Å². The molecule has 1 amide bonds. The lowest BCUT2D eigenvalue weighted by molar-refractivity contribution is -0.149. The third-order valence-corrected chi connectivity index (χ3v) is 5.12. The van der Waals surface area contributed by atoms with Gasteiger partial charge in [-0.3, -0.25) is 14.9 Å². The monoisotopic (exact) mass is 282 g/mol. The number of hydrogen-bond donors (Lipinski definition) is 2. The standard InChI is InChI=1S/C15H26N2O3/c1-11-4-6-12(7-5-11)17(2)13(18)10-16-15(14(19)20)8-3-9-15/h11-12,16H,3-10H2,1-2H3,(H,19,20). The van der Waals surface area contributed by atoms with Gasteiger partial charge in [0.05, 0.1) is 6.54 Å². The predicted octanol–water partition coefficient (Wildman–Crippen LogP) is 1.62. The molecule has 0 radical (unpaired) electrons. The summed E-state index contributed by atoms with van der Waals surface area (Å²) in [5.41, 5.74) is -0.850. The van der Waals surface area contributed by atoms with Crippen LogP contribution in [-0.2, 0) is 9.59 Å². The summed E-state index contributed by atoms with van der Waals surface area (Å²) in [6.45, 7) is 2.39.